The second kappa shape index (κ2) is 10.0. The average molecular weight is 489 g/mol. The van der Waals surface area contributed by atoms with Crippen LogP contribution in [0.2, 0.25) is 0 Å². The number of likely N-dealkylation sites (N-methyl/N-ethyl adjacent to an activating group) is 2. The van der Waals surface area contributed by atoms with Gasteiger partial charge < -0.3 is 24.4 Å². The highest BCUT2D eigenvalue weighted by Crippen LogP contribution is 2.43. The predicted molar refractivity (Wildman–Crippen MR) is 140 cm³/mol. The van der Waals surface area contributed by atoms with Gasteiger partial charge >= 0.3 is 0 Å². The van der Waals surface area contributed by atoms with Crippen LogP contribution < -0.4 is 10.2 Å². The van der Waals surface area contributed by atoms with Gasteiger partial charge in [0.2, 0.25) is 11.6 Å². The molecule has 186 valence electrons. The van der Waals surface area contributed by atoms with Crippen LogP contribution in [0.25, 0.3) is 33.6 Å². The van der Waals surface area contributed by atoms with E-state index in [2.05, 4.69) is 32.1 Å². The minimum atomic E-state index is -0.304. The number of hydrogen-bond donors (Lipinski definition) is 1. The summed E-state index contributed by atoms with van der Waals surface area (Å²) in [5, 5.41) is 3.71. The number of halogens is 1. The molecule has 1 aliphatic rings. The highest BCUT2D eigenvalue weighted by atomic mass is 19.1. The Balaban J connectivity index is 1.59. The predicted octanol–water partition coefficient (Wildman–Crippen LogP) is 3.95. The van der Waals surface area contributed by atoms with Crippen molar-refractivity contribution in [1.29, 1.82) is 0 Å². The van der Waals surface area contributed by atoms with Crippen LogP contribution in [0.1, 0.15) is 0 Å². The number of carbonyl (C=O) groups is 1. The van der Waals surface area contributed by atoms with Crippen LogP contribution in [0.5, 0.6) is 0 Å². The number of carbonyl (C=O) groups excluding carboxylic acids is 1. The summed E-state index contributed by atoms with van der Waals surface area (Å²) in [6.07, 6.45) is 1.53. The van der Waals surface area contributed by atoms with Gasteiger partial charge in [-0.2, -0.15) is 0 Å². The molecule has 0 atom stereocenters. The number of aromatic nitrogens is 2. The Hall–Kier alpha value is -3.82. The molecule has 1 amide bonds. The van der Waals surface area contributed by atoms with E-state index in [9.17, 15) is 9.18 Å². The Morgan fingerprint density at radius 3 is 2.33 bits per heavy atom. The number of piperazine rings is 1. The van der Waals surface area contributed by atoms with Gasteiger partial charge in [-0.15, -0.1) is 0 Å². The zero-order chi connectivity index (χ0) is 25.2. The first kappa shape index (κ1) is 23.9. The fourth-order valence-corrected chi connectivity index (χ4v) is 4.46. The molecule has 2 aromatic carbocycles. The van der Waals surface area contributed by atoms with Crippen LogP contribution in [-0.2, 0) is 4.79 Å². The molecule has 4 aromatic rings. The van der Waals surface area contributed by atoms with Gasteiger partial charge in [0.25, 0.3) is 0 Å². The molecule has 1 aliphatic heterocycles. The van der Waals surface area contributed by atoms with Gasteiger partial charge in [-0.25, -0.2) is 14.4 Å². The lowest BCUT2D eigenvalue weighted by atomic mass is 9.99. The fraction of sp³-hybridized carbons (Fsp3) is 0.296. The molecule has 3 heterocycles. The minimum Gasteiger partial charge on any atom is -0.437 e. The first-order chi connectivity index (χ1) is 17.4. The summed E-state index contributed by atoms with van der Waals surface area (Å²) < 4.78 is 20.1. The normalized spacial score (nSPS) is 14.5. The summed E-state index contributed by atoms with van der Waals surface area (Å²) in [6.45, 7) is 3.85. The standard InChI is InChI=1S/C27H29FN6O2/c1-32(2)16-22(35)31-21-10-6-19(7-11-21)25-23(18-4-8-20(28)9-5-18)24-26(29-17-30-27(24)36-25)34-14-12-33(3)13-15-34/h4-11,17H,12-16H2,1-3H3,(H,31,35). The molecule has 0 bridgehead atoms. The van der Waals surface area contributed by atoms with Gasteiger partial charge in [0.1, 0.15) is 23.7 Å². The summed E-state index contributed by atoms with van der Waals surface area (Å²) in [4.78, 5) is 27.6. The van der Waals surface area contributed by atoms with E-state index in [1.54, 1.807) is 12.1 Å². The van der Waals surface area contributed by atoms with E-state index in [0.717, 1.165) is 54.1 Å². The van der Waals surface area contributed by atoms with E-state index in [1.807, 2.05) is 43.3 Å². The summed E-state index contributed by atoms with van der Waals surface area (Å²) in [5.74, 6) is 1.05. The summed E-state index contributed by atoms with van der Waals surface area (Å²) in [5.41, 5.74) is 3.64. The molecular weight excluding hydrogens is 459 g/mol. The second-order valence-corrected chi connectivity index (χ2v) is 9.34. The third-order valence-electron chi connectivity index (χ3n) is 6.29. The number of rotatable bonds is 6. The van der Waals surface area contributed by atoms with Crippen LogP contribution in [0, 0.1) is 5.82 Å². The van der Waals surface area contributed by atoms with E-state index in [4.69, 9.17) is 4.42 Å². The van der Waals surface area contributed by atoms with E-state index in [-0.39, 0.29) is 11.7 Å². The number of amides is 1. The van der Waals surface area contributed by atoms with E-state index >= 15 is 0 Å². The molecule has 1 N–H and O–H groups in total. The Morgan fingerprint density at radius 2 is 1.67 bits per heavy atom. The van der Waals surface area contributed by atoms with Gasteiger partial charge in [0, 0.05) is 43.0 Å². The van der Waals surface area contributed by atoms with Crippen LogP contribution in [0.3, 0.4) is 0 Å². The highest BCUT2D eigenvalue weighted by Gasteiger charge is 2.26. The number of hydrogen-bond acceptors (Lipinski definition) is 7. The monoisotopic (exact) mass is 488 g/mol. The molecule has 0 saturated carbocycles. The number of nitrogens with one attached hydrogen (secondary N) is 1. The van der Waals surface area contributed by atoms with Crippen molar-refractivity contribution >= 4 is 28.5 Å². The maximum absolute atomic E-state index is 13.8. The van der Waals surface area contributed by atoms with Crippen LogP contribution >= 0.6 is 0 Å². The molecule has 1 fully saturated rings. The number of furan rings is 1. The van der Waals surface area contributed by atoms with Gasteiger partial charge in [-0.3, -0.25) is 4.79 Å². The molecule has 2 aromatic heterocycles. The van der Waals surface area contributed by atoms with Crippen molar-refractivity contribution in [2.75, 3.05) is 64.1 Å². The first-order valence-electron chi connectivity index (χ1n) is 11.9. The van der Waals surface area contributed by atoms with Crippen molar-refractivity contribution in [1.82, 2.24) is 19.8 Å². The molecule has 1 saturated heterocycles. The second-order valence-electron chi connectivity index (χ2n) is 9.34. The Labute approximate surface area is 209 Å². The SMILES string of the molecule is CN(C)CC(=O)Nc1ccc(-c2oc3ncnc(N4CCN(C)CC4)c3c2-c2ccc(F)cc2)cc1. The van der Waals surface area contributed by atoms with Crippen molar-refractivity contribution in [2.24, 2.45) is 0 Å². The van der Waals surface area contributed by atoms with E-state index in [1.165, 1.54) is 18.5 Å². The summed E-state index contributed by atoms with van der Waals surface area (Å²) in [7, 11) is 5.81. The third kappa shape index (κ3) is 4.93. The Kier molecular flexibility index (Phi) is 6.67. The third-order valence-corrected chi connectivity index (χ3v) is 6.29. The lowest BCUT2D eigenvalue weighted by molar-refractivity contribution is -0.116. The number of benzene rings is 2. The quantitative estimate of drug-likeness (QED) is 0.440. The molecule has 0 radical (unpaired) electrons. The summed E-state index contributed by atoms with van der Waals surface area (Å²) >= 11 is 0. The van der Waals surface area contributed by atoms with Crippen LogP contribution in [-0.4, -0.2) is 79.5 Å². The van der Waals surface area contributed by atoms with Crippen molar-refractivity contribution in [3.63, 3.8) is 0 Å². The lowest BCUT2D eigenvalue weighted by Crippen LogP contribution is -2.44. The fourth-order valence-electron chi connectivity index (χ4n) is 4.46. The number of fused-ring (bicyclic) bond motifs is 1. The molecule has 0 aliphatic carbocycles. The molecule has 8 nitrogen and oxygen atoms in total. The zero-order valence-corrected chi connectivity index (χ0v) is 20.7. The number of anilines is 2. The van der Waals surface area contributed by atoms with Crippen molar-refractivity contribution < 1.29 is 13.6 Å². The maximum Gasteiger partial charge on any atom is 0.238 e. The average Bonchev–Trinajstić information content (AvgIpc) is 3.25. The number of nitrogens with zero attached hydrogens (tertiary/aromatic N) is 5. The molecule has 5 rings (SSSR count). The Morgan fingerprint density at radius 1 is 1.00 bits per heavy atom. The maximum atomic E-state index is 13.8. The summed E-state index contributed by atoms with van der Waals surface area (Å²) in [6, 6.07) is 13.9. The minimum absolute atomic E-state index is 0.0874. The van der Waals surface area contributed by atoms with Crippen molar-refractivity contribution in [3.05, 3.63) is 60.7 Å². The highest BCUT2D eigenvalue weighted by molar-refractivity contribution is 6.06. The molecular formula is C27H29FN6O2. The van der Waals surface area contributed by atoms with Crippen molar-refractivity contribution in [3.8, 4) is 22.5 Å². The van der Waals surface area contributed by atoms with Crippen molar-refractivity contribution in [2.45, 2.75) is 0 Å². The van der Waals surface area contributed by atoms with Gasteiger partial charge in [-0.05, 0) is 63.1 Å². The van der Waals surface area contributed by atoms with Gasteiger partial charge in [0.15, 0.2) is 0 Å². The largest absolute Gasteiger partial charge is 0.437 e. The lowest BCUT2D eigenvalue weighted by Gasteiger charge is -2.33. The topological polar surface area (TPSA) is 77.7 Å². The van der Waals surface area contributed by atoms with Crippen LogP contribution in [0.15, 0.2) is 59.3 Å². The molecule has 0 spiro atoms. The van der Waals surface area contributed by atoms with Gasteiger partial charge in [0.05, 0.1) is 11.9 Å². The smallest absolute Gasteiger partial charge is 0.238 e. The zero-order valence-electron chi connectivity index (χ0n) is 20.7. The molecule has 0 unspecified atom stereocenters. The van der Waals surface area contributed by atoms with Gasteiger partial charge in [-0.1, -0.05) is 12.1 Å². The van der Waals surface area contributed by atoms with E-state index < -0.39 is 0 Å². The molecule has 9 heteroatoms. The Bertz CT molecular complexity index is 1360. The first-order valence-corrected chi connectivity index (χ1v) is 11.9. The molecule has 36 heavy (non-hydrogen) atoms. The van der Waals surface area contributed by atoms with Crippen LogP contribution in [0.4, 0.5) is 15.9 Å². The van der Waals surface area contributed by atoms with E-state index in [0.29, 0.717) is 23.7 Å².